The van der Waals surface area contributed by atoms with E-state index >= 15 is 0 Å². The molecule has 2 aromatic heterocycles. The van der Waals surface area contributed by atoms with Gasteiger partial charge in [-0.05, 0) is 19.8 Å². The van der Waals surface area contributed by atoms with Crippen LogP contribution >= 0.6 is 0 Å². The molecule has 20 heavy (non-hydrogen) atoms. The van der Waals surface area contributed by atoms with E-state index in [2.05, 4.69) is 15.3 Å². The summed E-state index contributed by atoms with van der Waals surface area (Å²) in [7, 11) is 0. The number of carbonyl (C=O) groups is 1. The zero-order chi connectivity index (χ0) is 14.1. The first-order valence-corrected chi connectivity index (χ1v) is 6.45. The molecule has 0 amide bonds. The van der Waals surface area contributed by atoms with Gasteiger partial charge < -0.3 is 14.4 Å². The molecule has 0 radical (unpaired) electrons. The van der Waals surface area contributed by atoms with Gasteiger partial charge in [-0.1, -0.05) is 5.21 Å². The summed E-state index contributed by atoms with van der Waals surface area (Å²) in [5.41, 5.74) is 0.847. The topological polar surface area (TPSA) is 97.3 Å². The number of aromatic carboxylic acids is 1. The number of aromatic nitrogens is 4. The second kappa shape index (κ2) is 4.95. The maximum absolute atomic E-state index is 10.8. The predicted octanol–water partition coefficient (Wildman–Crippen LogP) is 1.11. The minimum Gasteiger partial charge on any atom is -0.476 e. The maximum Gasteiger partial charge on any atom is 0.357 e. The Balaban J connectivity index is 1.64. The van der Waals surface area contributed by atoms with Crippen molar-refractivity contribution < 1.29 is 14.3 Å². The third-order valence-electron chi connectivity index (χ3n) is 3.45. The van der Waals surface area contributed by atoms with Gasteiger partial charge in [-0.15, -0.1) is 5.10 Å². The Hall–Kier alpha value is -2.38. The quantitative estimate of drug-likeness (QED) is 0.897. The van der Waals surface area contributed by atoms with E-state index < -0.39 is 5.97 Å². The van der Waals surface area contributed by atoms with Crippen LogP contribution in [0.2, 0.25) is 0 Å². The minimum absolute atomic E-state index is 0.0611. The van der Waals surface area contributed by atoms with E-state index in [-0.39, 0.29) is 5.69 Å². The lowest BCUT2D eigenvalue weighted by atomic mass is 10.1. The lowest BCUT2D eigenvalue weighted by Crippen LogP contribution is -2.35. The van der Waals surface area contributed by atoms with Crippen molar-refractivity contribution in [1.29, 1.82) is 0 Å². The van der Waals surface area contributed by atoms with Crippen LogP contribution in [0.15, 0.2) is 16.9 Å². The third kappa shape index (κ3) is 2.36. The Morgan fingerprint density at radius 2 is 2.20 bits per heavy atom. The monoisotopic (exact) mass is 277 g/mol. The Bertz CT molecular complexity index is 612. The van der Waals surface area contributed by atoms with Gasteiger partial charge in [0.15, 0.2) is 5.69 Å². The molecule has 1 fully saturated rings. The number of anilines is 1. The van der Waals surface area contributed by atoms with Gasteiger partial charge in [-0.2, -0.15) is 4.98 Å². The van der Waals surface area contributed by atoms with Gasteiger partial charge in [0.05, 0.1) is 11.7 Å². The van der Waals surface area contributed by atoms with Gasteiger partial charge in [0.1, 0.15) is 6.26 Å². The Morgan fingerprint density at radius 3 is 2.75 bits per heavy atom. The first-order valence-electron chi connectivity index (χ1n) is 6.45. The number of oxazole rings is 1. The fraction of sp³-hybridized carbons (Fsp3) is 0.500. The van der Waals surface area contributed by atoms with Crippen molar-refractivity contribution in [2.45, 2.75) is 25.8 Å². The van der Waals surface area contributed by atoms with Gasteiger partial charge in [0.2, 0.25) is 0 Å². The number of piperidine rings is 1. The molecule has 0 spiro atoms. The SMILES string of the molecule is Cc1cn(C2CCN(c3nc(C(=O)O)co3)CC2)nn1. The molecule has 0 aliphatic carbocycles. The van der Waals surface area contributed by atoms with Gasteiger partial charge in [0, 0.05) is 19.3 Å². The summed E-state index contributed by atoms with van der Waals surface area (Å²) >= 11 is 0. The van der Waals surface area contributed by atoms with Crippen molar-refractivity contribution in [3.05, 3.63) is 23.8 Å². The zero-order valence-corrected chi connectivity index (χ0v) is 11.1. The highest BCUT2D eigenvalue weighted by Crippen LogP contribution is 2.25. The molecule has 8 heteroatoms. The van der Waals surface area contributed by atoms with E-state index in [1.807, 2.05) is 22.7 Å². The molecular weight excluding hydrogens is 262 g/mol. The highest BCUT2D eigenvalue weighted by atomic mass is 16.4. The molecule has 1 aliphatic rings. The Labute approximate surface area is 115 Å². The maximum atomic E-state index is 10.8. The predicted molar refractivity (Wildman–Crippen MR) is 68.7 cm³/mol. The number of hydrogen-bond donors (Lipinski definition) is 1. The lowest BCUT2D eigenvalue weighted by molar-refractivity contribution is 0.0690. The zero-order valence-electron chi connectivity index (χ0n) is 11.1. The van der Waals surface area contributed by atoms with E-state index in [0.29, 0.717) is 12.1 Å². The summed E-state index contributed by atoms with van der Waals surface area (Å²) in [5.74, 6) is -1.08. The third-order valence-corrected chi connectivity index (χ3v) is 3.45. The fourth-order valence-corrected chi connectivity index (χ4v) is 2.37. The van der Waals surface area contributed by atoms with Crippen molar-refractivity contribution in [2.24, 2.45) is 0 Å². The molecule has 2 aromatic rings. The fourth-order valence-electron chi connectivity index (χ4n) is 2.37. The highest BCUT2D eigenvalue weighted by Gasteiger charge is 2.24. The molecule has 1 N–H and O–H groups in total. The molecule has 1 saturated heterocycles. The van der Waals surface area contributed by atoms with E-state index in [9.17, 15) is 4.79 Å². The van der Waals surface area contributed by atoms with Crippen LogP contribution in [-0.4, -0.2) is 44.1 Å². The van der Waals surface area contributed by atoms with Crippen molar-refractivity contribution >= 4 is 12.0 Å². The Kier molecular flexibility index (Phi) is 3.13. The summed E-state index contributed by atoms with van der Waals surface area (Å²) in [6, 6.07) is 0.692. The first kappa shape index (κ1) is 12.6. The standard InChI is InChI=1S/C12H15N5O3/c1-8-6-17(15-14-8)9-2-4-16(5-3-9)12-13-10(7-20-12)11(18)19/h6-7,9H,2-5H2,1H3,(H,18,19). The second-order valence-corrected chi connectivity index (χ2v) is 4.88. The molecule has 106 valence electrons. The van der Waals surface area contributed by atoms with Crippen molar-refractivity contribution in [1.82, 2.24) is 20.0 Å². The lowest BCUT2D eigenvalue weighted by Gasteiger charge is -2.30. The minimum atomic E-state index is -1.08. The highest BCUT2D eigenvalue weighted by molar-refractivity contribution is 5.85. The van der Waals surface area contributed by atoms with Gasteiger partial charge in [-0.3, -0.25) is 0 Å². The second-order valence-electron chi connectivity index (χ2n) is 4.88. The number of aryl methyl sites for hydroxylation is 1. The van der Waals surface area contributed by atoms with Crippen LogP contribution in [-0.2, 0) is 0 Å². The normalized spacial score (nSPS) is 16.6. The molecular formula is C12H15N5O3. The molecule has 0 aromatic carbocycles. The Morgan fingerprint density at radius 1 is 1.45 bits per heavy atom. The van der Waals surface area contributed by atoms with Crippen molar-refractivity contribution in [3.63, 3.8) is 0 Å². The van der Waals surface area contributed by atoms with Crippen LogP contribution in [0.25, 0.3) is 0 Å². The van der Waals surface area contributed by atoms with Gasteiger partial charge >= 0.3 is 5.97 Å². The molecule has 0 bridgehead atoms. The van der Waals surface area contributed by atoms with Crippen LogP contribution in [0.3, 0.4) is 0 Å². The van der Waals surface area contributed by atoms with Crippen LogP contribution in [0.1, 0.15) is 35.1 Å². The molecule has 8 nitrogen and oxygen atoms in total. The smallest absolute Gasteiger partial charge is 0.357 e. The largest absolute Gasteiger partial charge is 0.476 e. The van der Waals surface area contributed by atoms with Gasteiger partial charge in [0.25, 0.3) is 6.01 Å². The average molecular weight is 277 g/mol. The summed E-state index contributed by atoms with van der Waals surface area (Å²) < 4.78 is 7.10. The van der Waals surface area contributed by atoms with Crippen molar-refractivity contribution in [3.8, 4) is 0 Å². The number of hydrogen-bond acceptors (Lipinski definition) is 6. The van der Waals surface area contributed by atoms with Crippen LogP contribution in [0.5, 0.6) is 0 Å². The van der Waals surface area contributed by atoms with Gasteiger partial charge in [-0.25, -0.2) is 9.48 Å². The van der Waals surface area contributed by atoms with E-state index in [1.54, 1.807) is 0 Å². The molecule has 0 saturated carbocycles. The van der Waals surface area contributed by atoms with Crippen LogP contribution in [0.4, 0.5) is 6.01 Å². The number of carboxylic acid groups (broad SMARTS) is 1. The number of nitrogens with zero attached hydrogens (tertiary/aromatic N) is 5. The molecule has 3 rings (SSSR count). The summed E-state index contributed by atoms with van der Waals surface area (Å²) in [6.45, 7) is 3.42. The first-order chi connectivity index (χ1) is 9.63. The number of rotatable bonds is 3. The van der Waals surface area contributed by atoms with E-state index in [4.69, 9.17) is 9.52 Å². The molecule has 0 unspecified atom stereocenters. The van der Waals surface area contributed by atoms with Crippen LogP contribution < -0.4 is 4.90 Å². The van der Waals surface area contributed by atoms with Crippen molar-refractivity contribution in [2.75, 3.05) is 18.0 Å². The summed E-state index contributed by atoms with van der Waals surface area (Å²) in [4.78, 5) is 16.7. The molecule has 1 aliphatic heterocycles. The molecule has 3 heterocycles. The molecule has 0 atom stereocenters. The van der Waals surface area contributed by atoms with E-state index in [1.165, 1.54) is 6.26 Å². The van der Waals surface area contributed by atoms with Crippen LogP contribution in [0, 0.1) is 6.92 Å². The van der Waals surface area contributed by atoms with E-state index in [0.717, 1.165) is 31.6 Å². The summed E-state index contributed by atoms with van der Waals surface area (Å²) in [5, 5.41) is 16.9. The average Bonchev–Trinajstić information content (AvgIpc) is 3.08. The number of carboxylic acids is 1. The summed E-state index contributed by atoms with van der Waals surface area (Å²) in [6.07, 6.45) is 4.90.